The molecule has 0 atom stereocenters. The lowest BCUT2D eigenvalue weighted by Gasteiger charge is -2.22. The number of aliphatic imine (C=N–C) groups is 1. The number of hydrogen-bond donors (Lipinski definition) is 3. The van der Waals surface area contributed by atoms with Gasteiger partial charge in [0.2, 0.25) is 0 Å². The zero-order chi connectivity index (χ0) is 19.3. The van der Waals surface area contributed by atoms with Crippen LogP contribution in [-0.2, 0) is 4.74 Å². The fourth-order valence-electron chi connectivity index (χ4n) is 3.23. The molecule has 0 aromatic heterocycles. The van der Waals surface area contributed by atoms with E-state index in [1.165, 1.54) is 32.1 Å². The average Bonchev–Trinajstić information content (AvgIpc) is 2.70. The van der Waals surface area contributed by atoms with Crippen molar-refractivity contribution in [3.05, 3.63) is 35.4 Å². The molecule has 0 radical (unpaired) electrons. The van der Waals surface area contributed by atoms with E-state index in [4.69, 9.17) is 4.74 Å². The Kier molecular flexibility index (Phi) is 12.9. The summed E-state index contributed by atoms with van der Waals surface area (Å²) in [6.45, 7) is 4.76. The summed E-state index contributed by atoms with van der Waals surface area (Å²) < 4.78 is 5.93. The molecule has 1 saturated carbocycles. The van der Waals surface area contributed by atoms with E-state index in [1.807, 2.05) is 31.2 Å². The van der Waals surface area contributed by atoms with E-state index in [1.54, 1.807) is 7.05 Å². The Morgan fingerprint density at radius 2 is 1.82 bits per heavy atom. The van der Waals surface area contributed by atoms with Crippen LogP contribution in [0.4, 0.5) is 0 Å². The minimum atomic E-state index is -0.0525. The molecule has 0 spiro atoms. The van der Waals surface area contributed by atoms with Gasteiger partial charge in [0.1, 0.15) is 0 Å². The Balaban J connectivity index is 0.00000392. The minimum absolute atomic E-state index is 0. The third-order valence-electron chi connectivity index (χ3n) is 4.73. The maximum atomic E-state index is 12.1. The van der Waals surface area contributed by atoms with Gasteiger partial charge in [0.15, 0.2) is 5.96 Å². The number of halogens is 1. The van der Waals surface area contributed by atoms with Crippen LogP contribution in [0.5, 0.6) is 0 Å². The van der Waals surface area contributed by atoms with Crippen LogP contribution in [0.15, 0.2) is 29.3 Å². The van der Waals surface area contributed by atoms with Gasteiger partial charge in [-0.05, 0) is 38.3 Å². The van der Waals surface area contributed by atoms with Crippen LogP contribution in [0.1, 0.15) is 54.4 Å². The number of carbonyl (C=O) groups is 1. The highest BCUT2D eigenvalue weighted by Gasteiger charge is 2.13. The quantitative estimate of drug-likeness (QED) is 0.210. The summed E-state index contributed by atoms with van der Waals surface area (Å²) in [6, 6.07) is 7.59. The first-order valence-electron chi connectivity index (χ1n) is 10.1. The van der Waals surface area contributed by atoms with Crippen molar-refractivity contribution in [2.24, 2.45) is 4.99 Å². The molecule has 0 bridgehead atoms. The number of nitrogens with one attached hydrogen (secondary N) is 3. The summed E-state index contributed by atoms with van der Waals surface area (Å²) in [5.74, 6) is 0.695. The normalized spacial score (nSPS) is 14.9. The SMILES string of the molecule is CN=C(NCCCOC1CCCCC1)NCCNC(=O)c1cccc(C)c1.I. The number of ether oxygens (including phenoxy) is 1. The second-order valence-corrected chi connectivity index (χ2v) is 7.04. The fourth-order valence-corrected chi connectivity index (χ4v) is 3.23. The second-order valence-electron chi connectivity index (χ2n) is 7.04. The Labute approximate surface area is 186 Å². The van der Waals surface area contributed by atoms with Gasteiger partial charge in [-0.15, -0.1) is 24.0 Å². The molecule has 3 N–H and O–H groups in total. The molecule has 0 aliphatic heterocycles. The summed E-state index contributed by atoms with van der Waals surface area (Å²) in [4.78, 5) is 16.3. The fraction of sp³-hybridized carbons (Fsp3) is 0.619. The van der Waals surface area contributed by atoms with E-state index in [9.17, 15) is 4.79 Å². The molecule has 1 aliphatic carbocycles. The number of aryl methyl sites for hydroxylation is 1. The molecule has 1 aromatic carbocycles. The van der Waals surface area contributed by atoms with Crippen molar-refractivity contribution < 1.29 is 9.53 Å². The summed E-state index contributed by atoms with van der Waals surface area (Å²) in [7, 11) is 1.75. The summed E-state index contributed by atoms with van der Waals surface area (Å²) in [5, 5.41) is 9.41. The first kappa shape index (κ1) is 24.7. The Hall–Kier alpha value is -1.35. The molecule has 0 unspecified atom stereocenters. The van der Waals surface area contributed by atoms with Crippen molar-refractivity contribution in [3.63, 3.8) is 0 Å². The number of nitrogens with zero attached hydrogens (tertiary/aromatic N) is 1. The van der Waals surface area contributed by atoms with E-state index in [2.05, 4.69) is 20.9 Å². The van der Waals surface area contributed by atoms with Crippen LogP contribution < -0.4 is 16.0 Å². The lowest BCUT2D eigenvalue weighted by atomic mass is 9.98. The topological polar surface area (TPSA) is 74.8 Å². The molecule has 1 fully saturated rings. The number of hydrogen-bond acceptors (Lipinski definition) is 3. The van der Waals surface area contributed by atoms with Crippen molar-refractivity contribution in [1.82, 2.24) is 16.0 Å². The van der Waals surface area contributed by atoms with Crippen molar-refractivity contribution >= 4 is 35.8 Å². The molecular formula is C21H35IN4O2. The first-order valence-corrected chi connectivity index (χ1v) is 10.1. The molecule has 7 heteroatoms. The molecule has 2 rings (SSSR count). The van der Waals surface area contributed by atoms with Gasteiger partial charge in [-0.3, -0.25) is 9.79 Å². The van der Waals surface area contributed by atoms with Crippen LogP contribution in [0.25, 0.3) is 0 Å². The van der Waals surface area contributed by atoms with Gasteiger partial charge in [-0.2, -0.15) is 0 Å². The maximum Gasteiger partial charge on any atom is 0.251 e. The lowest BCUT2D eigenvalue weighted by Crippen LogP contribution is -2.42. The molecule has 158 valence electrons. The lowest BCUT2D eigenvalue weighted by molar-refractivity contribution is 0.0277. The molecule has 6 nitrogen and oxygen atoms in total. The highest BCUT2D eigenvalue weighted by atomic mass is 127. The monoisotopic (exact) mass is 502 g/mol. The zero-order valence-electron chi connectivity index (χ0n) is 17.1. The van der Waals surface area contributed by atoms with Gasteiger partial charge in [-0.25, -0.2) is 0 Å². The van der Waals surface area contributed by atoms with Gasteiger partial charge in [0.25, 0.3) is 5.91 Å². The number of guanidine groups is 1. The average molecular weight is 502 g/mol. The van der Waals surface area contributed by atoms with Crippen LogP contribution >= 0.6 is 24.0 Å². The highest BCUT2D eigenvalue weighted by Crippen LogP contribution is 2.20. The predicted molar refractivity (Wildman–Crippen MR) is 126 cm³/mol. The summed E-state index contributed by atoms with van der Waals surface area (Å²) >= 11 is 0. The Morgan fingerprint density at radius 1 is 1.11 bits per heavy atom. The zero-order valence-corrected chi connectivity index (χ0v) is 19.5. The van der Waals surface area contributed by atoms with Gasteiger partial charge in [0, 0.05) is 38.9 Å². The number of rotatable bonds is 9. The van der Waals surface area contributed by atoms with E-state index in [0.717, 1.165) is 31.1 Å². The molecule has 1 aliphatic rings. The first-order chi connectivity index (χ1) is 13.2. The predicted octanol–water partition coefficient (Wildman–Crippen LogP) is 3.25. The van der Waals surface area contributed by atoms with Gasteiger partial charge >= 0.3 is 0 Å². The van der Waals surface area contributed by atoms with Crippen molar-refractivity contribution in [2.75, 3.05) is 33.3 Å². The minimum Gasteiger partial charge on any atom is -0.378 e. The van der Waals surface area contributed by atoms with Gasteiger partial charge in [0.05, 0.1) is 6.10 Å². The van der Waals surface area contributed by atoms with Gasteiger partial charge < -0.3 is 20.7 Å². The second kappa shape index (κ2) is 14.6. The van der Waals surface area contributed by atoms with Crippen LogP contribution in [0.2, 0.25) is 0 Å². The van der Waals surface area contributed by atoms with E-state index < -0.39 is 0 Å². The largest absolute Gasteiger partial charge is 0.378 e. The van der Waals surface area contributed by atoms with E-state index in [0.29, 0.717) is 24.8 Å². The van der Waals surface area contributed by atoms with Gasteiger partial charge in [-0.1, -0.05) is 37.0 Å². The third kappa shape index (κ3) is 9.73. The number of amides is 1. The number of carbonyl (C=O) groups excluding carboxylic acids is 1. The van der Waals surface area contributed by atoms with Crippen molar-refractivity contribution in [1.29, 1.82) is 0 Å². The Morgan fingerprint density at radius 3 is 2.54 bits per heavy atom. The highest BCUT2D eigenvalue weighted by molar-refractivity contribution is 14.0. The molecular weight excluding hydrogens is 467 g/mol. The molecule has 1 amide bonds. The smallest absolute Gasteiger partial charge is 0.251 e. The summed E-state index contributed by atoms with van der Waals surface area (Å²) in [5.41, 5.74) is 1.77. The molecule has 28 heavy (non-hydrogen) atoms. The van der Waals surface area contributed by atoms with Crippen LogP contribution in [0, 0.1) is 6.92 Å². The number of benzene rings is 1. The van der Waals surface area contributed by atoms with Crippen molar-refractivity contribution in [3.8, 4) is 0 Å². The standard InChI is InChI=1S/C21H34N4O2.HI/c1-17-8-6-9-18(16-17)20(26)23-13-14-25-21(22-2)24-12-7-15-27-19-10-4-3-5-11-19;/h6,8-9,16,19H,3-5,7,10-15H2,1-2H3,(H,23,26)(H2,22,24,25);1H. The molecule has 1 aromatic rings. The van der Waals surface area contributed by atoms with E-state index in [-0.39, 0.29) is 29.9 Å². The molecule has 0 saturated heterocycles. The summed E-state index contributed by atoms with van der Waals surface area (Å²) in [6.07, 6.45) is 7.82. The Bertz CT molecular complexity index is 604. The van der Waals surface area contributed by atoms with Crippen LogP contribution in [0.3, 0.4) is 0 Å². The molecule has 0 heterocycles. The van der Waals surface area contributed by atoms with Crippen LogP contribution in [-0.4, -0.2) is 51.3 Å². The van der Waals surface area contributed by atoms with Crippen molar-refractivity contribution in [2.45, 2.75) is 51.6 Å². The van der Waals surface area contributed by atoms with E-state index >= 15 is 0 Å². The maximum absolute atomic E-state index is 12.1. The third-order valence-corrected chi connectivity index (χ3v) is 4.73.